The van der Waals surface area contributed by atoms with Gasteiger partial charge in [0.25, 0.3) is 0 Å². The fourth-order valence-corrected chi connectivity index (χ4v) is 4.65. The maximum absolute atomic E-state index is 12.5. The molecule has 0 spiro atoms. The first-order chi connectivity index (χ1) is 16.1. The number of carbonyl (C=O) groups excluding carboxylic acids is 1. The van der Waals surface area contributed by atoms with Gasteiger partial charge in [-0.3, -0.25) is 14.3 Å². The number of hydrogen-bond acceptors (Lipinski definition) is 7. The Morgan fingerprint density at radius 1 is 1.21 bits per heavy atom. The third kappa shape index (κ3) is 6.69. The number of furan rings is 1. The molecule has 1 N–H and O–H groups in total. The van der Waals surface area contributed by atoms with Gasteiger partial charge in [-0.1, -0.05) is 55.9 Å². The molecule has 176 valence electrons. The highest BCUT2D eigenvalue weighted by molar-refractivity contribution is 7.99. The zero-order valence-electron chi connectivity index (χ0n) is 19.1. The number of nitrogens with one attached hydrogen (secondary N) is 1. The Balaban J connectivity index is 1.34. The van der Waals surface area contributed by atoms with Crippen LogP contribution in [0.15, 0.2) is 58.3 Å². The summed E-state index contributed by atoms with van der Waals surface area (Å²) in [5, 5.41) is 12.3. The zero-order valence-corrected chi connectivity index (χ0v) is 20.0. The highest BCUT2D eigenvalue weighted by Gasteiger charge is 2.22. The number of nitrogens with zero attached hydrogens (tertiary/aromatic N) is 4. The van der Waals surface area contributed by atoms with Gasteiger partial charge in [0, 0.05) is 26.2 Å². The predicted octanol–water partition coefficient (Wildman–Crippen LogP) is 3.15. The van der Waals surface area contributed by atoms with Crippen molar-refractivity contribution < 1.29 is 13.9 Å². The summed E-state index contributed by atoms with van der Waals surface area (Å²) in [6, 6.07) is 13.8. The fourth-order valence-electron chi connectivity index (χ4n) is 3.89. The smallest absolute Gasteiger partial charge is 0.230 e. The van der Waals surface area contributed by atoms with Crippen molar-refractivity contribution in [1.29, 1.82) is 0 Å². The second kappa shape index (κ2) is 11.5. The number of amides is 1. The predicted molar refractivity (Wildman–Crippen MR) is 128 cm³/mol. The van der Waals surface area contributed by atoms with Crippen LogP contribution in [0.2, 0.25) is 0 Å². The van der Waals surface area contributed by atoms with E-state index in [9.17, 15) is 4.79 Å². The average molecular weight is 470 g/mol. The topological polar surface area (TPSA) is 85.4 Å². The fraction of sp³-hybridized carbons (Fsp3) is 0.458. The molecule has 1 fully saturated rings. The van der Waals surface area contributed by atoms with E-state index >= 15 is 0 Å². The van der Waals surface area contributed by atoms with Gasteiger partial charge in [0.2, 0.25) is 11.7 Å². The third-order valence-corrected chi connectivity index (χ3v) is 6.31. The lowest BCUT2D eigenvalue weighted by atomic mass is 10.2. The van der Waals surface area contributed by atoms with Crippen molar-refractivity contribution in [3.63, 3.8) is 0 Å². The van der Waals surface area contributed by atoms with Crippen LogP contribution in [-0.2, 0) is 16.1 Å². The highest BCUT2D eigenvalue weighted by atomic mass is 32.2. The van der Waals surface area contributed by atoms with Crippen LogP contribution in [-0.4, -0.2) is 70.2 Å². The van der Waals surface area contributed by atoms with Crippen LogP contribution in [0.5, 0.6) is 0 Å². The largest absolute Gasteiger partial charge is 0.461 e. The Hall–Kier alpha value is -2.62. The number of hydrogen-bond donors (Lipinski definition) is 1. The molecule has 3 aromatic rings. The lowest BCUT2D eigenvalue weighted by Gasteiger charge is -2.33. The van der Waals surface area contributed by atoms with E-state index in [1.165, 1.54) is 11.8 Å². The van der Waals surface area contributed by atoms with Crippen molar-refractivity contribution in [3.8, 4) is 11.6 Å². The van der Waals surface area contributed by atoms with Gasteiger partial charge in [0.05, 0.1) is 31.3 Å². The normalized spacial score (nSPS) is 16.9. The first-order valence-corrected chi connectivity index (χ1v) is 12.3. The second-order valence-electron chi connectivity index (χ2n) is 8.59. The summed E-state index contributed by atoms with van der Waals surface area (Å²) in [5.41, 5.74) is 1.12. The Bertz CT molecular complexity index is 1010. The average Bonchev–Trinajstić information content (AvgIpc) is 3.47. The minimum Gasteiger partial charge on any atom is -0.461 e. The molecular formula is C24H31N5O3S. The van der Waals surface area contributed by atoms with Gasteiger partial charge in [0.15, 0.2) is 10.9 Å². The maximum Gasteiger partial charge on any atom is 0.230 e. The summed E-state index contributed by atoms with van der Waals surface area (Å²) >= 11 is 1.37. The van der Waals surface area contributed by atoms with E-state index in [1.54, 1.807) is 6.26 Å². The van der Waals surface area contributed by atoms with E-state index in [1.807, 2.05) is 34.9 Å². The number of rotatable bonds is 10. The molecule has 0 bridgehead atoms. The van der Waals surface area contributed by atoms with Crippen LogP contribution in [0, 0.1) is 5.92 Å². The molecule has 1 saturated heterocycles. The molecule has 0 aliphatic carbocycles. The summed E-state index contributed by atoms with van der Waals surface area (Å²) in [4.78, 5) is 15.0. The molecule has 4 rings (SSSR count). The minimum absolute atomic E-state index is 0.0266. The van der Waals surface area contributed by atoms with Gasteiger partial charge in [-0.15, -0.1) is 10.2 Å². The SMILES string of the molecule is CC(C)CN1CCOC(CNC(=O)CSc2nnc(-c3ccco3)n2Cc2ccccc2)C1. The molecule has 1 unspecified atom stereocenters. The van der Waals surface area contributed by atoms with E-state index in [0.717, 1.165) is 25.2 Å². The molecule has 0 radical (unpaired) electrons. The first kappa shape index (κ1) is 23.5. The maximum atomic E-state index is 12.5. The van der Waals surface area contributed by atoms with E-state index < -0.39 is 0 Å². The van der Waals surface area contributed by atoms with Crippen LogP contribution in [0.3, 0.4) is 0 Å². The summed E-state index contributed by atoms with van der Waals surface area (Å²) < 4.78 is 13.4. The third-order valence-electron chi connectivity index (χ3n) is 5.35. The van der Waals surface area contributed by atoms with E-state index in [0.29, 0.717) is 42.4 Å². The lowest BCUT2D eigenvalue weighted by molar-refractivity contribution is -0.119. The van der Waals surface area contributed by atoms with E-state index in [4.69, 9.17) is 9.15 Å². The molecule has 8 nitrogen and oxygen atoms in total. The quantitative estimate of drug-likeness (QED) is 0.457. The Kier molecular flexibility index (Phi) is 8.20. The summed E-state index contributed by atoms with van der Waals surface area (Å²) in [6.07, 6.45) is 1.64. The Morgan fingerprint density at radius 2 is 2.06 bits per heavy atom. The monoisotopic (exact) mass is 469 g/mol. The van der Waals surface area contributed by atoms with Crippen LogP contribution in [0.25, 0.3) is 11.6 Å². The molecule has 1 aliphatic heterocycles. The van der Waals surface area contributed by atoms with Gasteiger partial charge in [0.1, 0.15) is 0 Å². The van der Waals surface area contributed by atoms with Crippen LogP contribution in [0.4, 0.5) is 0 Å². The van der Waals surface area contributed by atoms with Gasteiger partial charge in [-0.2, -0.15) is 0 Å². The molecule has 33 heavy (non-hydrogen) atoms. The number of carbonyl (C=O) groups is 1. The summed E-state index contributed by atoms with van der Waals surface area (Å²) in [5.74, 6) is 2.13. The van der Waals surface area contributed by atoms with Gasteiger partial charge in [-0.05, 0) is 23.6 Å². The standard InChI is InChI=1S/C24H31N5O3S/c1-18(2)14-28-10-12-31-20(16-28)13-25-22(30)17-33-24-27-26-23(21-9-6-11-32-21)29(24)15-19-7-4-3-5-8-19/h3-9,11,18,20H,10,12-17H2,1-2H3,(H,25,30). The molecule has 1 aliphatic rings. The first-order valence-electron chi connectivity index (χ1n) is 11.3. The lowest BCUT2D eigenvalue weighted by Crippen LogP contribution is -2.48. The molecule has 1 aromatic carbocycles. The van der Waals surface area contributed by atoms with E-state index in [-0.39, 0.29) is 17.8 Å². The molecule has 0 saturated carbocycles. The molecule has 2 aromatic heterocycles. The number of morpholine rings is 1. The minimum atomic E-state index is -0.0432. The molecule has 1 atom stereocenters. The molecule has 1 amide bonds. The van der Waals surface area contributed by atoms with Gasteiger partial charge in [-0.25, -0.2) is 0 Å². The summed E-state index contributed by atoms with van der Waals surface area (Å²) in [7, 11) is 0. The molecule has 9 heteroatoms. The number of ether oxygens (including phenoxy) is 1. The van der Waals surface area contributed by atoms with Crippen molar-refractivity contribution in [2.24, 2.45) is 5.92 Å². The number of aromatic nitrogens is 3. The number of thioether (sulfide) groups is 1. The van der Waals surface area contributed by atoms with Crippen LogP contribution in [0.1, 0.15) is 19.4 Å². The van der Waals surface area contributed by atoms with Crippen LogP contribution < -0.4 is 5.32 Å². The number of benzene rings is 1. The Labute approximate surface area is 198 Å². The Morgan fingerprint density at radius 3 is 2.82 bits per heavy atom. The van der Waals surface area contributed by atoms with Gasteiger partial charge < -0.3 is 14.5 Å². The summed E-state index contributed by atoms with van der Waals surface area (Å²) in [6.45, 7) is 9.11. The zero-order chi connectivity index (χ0) is 23.0. The van der Waals surface area contributed by atoms with Crippen molar-refractivity contribution in [2.75, 3.05) is 38.5 Å². The van der Waals surface area contributed by atoms with Crippen molar-refractivity contribution in [3.05, 3.63) is 54.3 Å². The molecule has 3 heterocycles. The highest BCUT2D eigenvalue weighted by Crippen LogP contribution is 2.25. The van der Waals surface area contributed by atoms with Crippen LogP contribution >= 0.6 is 11.8 Å². The van der Waals surface area contributed by atoms with Gasteiger partial charge >= 0.3 is 0 Å². The molecular weight excluding hydrogens is 438 g/mol. The van der Waals surface area contributed by atoms with Crippen molar-refractivity contribution >= 4 is 17.7 Å². The van der Waals surface area contributed by atoms with E-state index in [2.05, 4.69) is 46.4 Å². The second-order valence-corrected chi connectivity index (χ2v) is 9.54. The van der Waals surface area contributed by atoms with Crippen molar-refractivity contribution in [2.45, 2.75) is 31.7 Å². The van der Waals surface area contributed by atoms with Crippen molar-refractivity contribution in [1.82, 2.24) is 25.0 Å².